The monoisotopic (exact) mass is 603 g/mol. The van der Waals surface area contributed by atoms with E-state index in [4.69, 9.17) is 0 Å². The molecule has 45 heavy (non-hydrogen) atoms. The lowest BCUT2D eigenvalue weighted by atomic mass is 9.99. The van der Waals surface area contributed by atoms with E-state index in [0.29, 0.717) is 38.0 Å². The van der Waals surface area contributed by atoms with Gasteiger partial charge in [-0.1, -0.05) is 54.6 Å². The van der Waals surface area contributed by atoms with E-state index in [9.17, 15) is 9.59 Å². The molecule has 0 radical (unpaired) electrons. The Morgan fingerprint density at radius 3 is 2.49 bits per heavy atom. The lowest BCUT2D eigenvalue weighted by Crippen LogP contribution is -2.47. The number of carbonyl (C=O) groups excluding carboxylic acids is 2. The molecule has 2 atom stereocenters. The maximum absolute atomic E-state index is 13.7. The van der Waals surface area contributed by atoms with Gasteiger partial charge in [0, 0.05) is 44.3 Å². The summed E-state index contributed by atoms with van der Waals surface area (Å²) in [5, 5.41) is 11.7. The number of benzene rings is 3. The molecule has 1 unspecified atom stereocenters. The van der Waals surface area contributed by atoms with Gasteiger partial charge in [0.2, 0.25) is 5.91 Å². The van der Waals surface area contributed by atoms with Gasteiger partial charge < -0.3 is 25.8 Å². The number of aromatic nitrogens is 3. The quantitative estimate of drug-likeness (QED) is 0.134. The highest BCUT2D eigenvalue weighted by molar-refractivity contribution is 5.97. The molecule has 4 N–H and O–H groups in total. The molecular weight excluding hydrogens is 562 g/mol. The summed E-state index contributed by atoms with van der Waals surface area (Å²) in [5.74, 6) is 1.26. The number of rotatable bonds is 14. The van der Waals surface area contributed by atoms with Crippen molar-refractivity contribution in [2.45, 2.75) is 51.9 Å². The molecule has 232 valence electrons. The molecule has 2 heterocycles. The van der Waals surface area contributed by atoms with Gasteiger partial charge in [-0.25, -0.2) is 9.97 Å². The van der Waals surface area contributed by atoms with Gasteiger partial charge in [0.05, 0.1) is 12.6 Å². The number of aromatic amines is 1. The minimum absolute atomic E-state index is 0.209. The Morgan fingerprint density at radius 1 is 0.911 bits per heavy atom. The summed E-state index contributed by atoms with van der Waals surface area (Å²) in [5.41, 5.74) is 3.72. The second-order valence-electron chi connectivity index (χ2n) is 11.4. The van der Waals surface area contributed by atoms with Crippen LogP contribution in [0.3, 0.4) is 0 Å². The van der Waals surface area contributed by atoms with Crippen molar-refractivity contribution in [3.8, 4) is 0 Å². The van der Waals surface area contributed by atoms with Crippen molar-refractivity contribution in [2.24, 2.45) is 0 Å². The Morgan fingerprint density at radius 2 is 1.71 bits per heavy atom. The number of carbonyl (C=O) groups is 2. The molecule has 0 saturated carbocycles. The number of fused-ring (bicyclic) bond motifs is 1. The lowest BCUT2D eigenvalue weighted by molar-refractivity contribution is -0.123. The number of hydrogen-bond acceptors (Lipinski definition) is 6. The molecular formula is C36H41N7O2. The first kappa shape index (κ1) is 31.4. The number of hydrogen-bond donors (Lipinski definition) is 4. The summed E-state index contributed by atoms with van der Waals surface area (Å²) < 4.78 is 0. The molecule has 5 aromatic rings. The minimum Gasteiger partial charge on any atom is -0.360 e. The summed E-state index contributed by atoms with van der Waals surface area (Å²) >= 11 is 0. The molecule has 9 nitrogen and oxygen atoms in total. The van der Waals surface area contributed by atoms with Gasteiger partial charge in [0.25, 0.3) is 5.91 Å². The van der Waals surface area contributed by atoms with Gasteiger partial charge in [-0.2, -0.15) is 0 Å². The molecule has 0 aliphatic heterocycles. The van der Waals surface area contributed by atoms with E-state index in [1.54, 1.807) is 30.7 Å². The Kier molecular flexibility index (Phi) is 10.6. The van der Waals surface area contributed by atoms with Crippen LogP contribution in [-0.4, -0.2) is 46.4 Å². The molecule has 0 aliphatic rings. The number of pyridine rings is 1. The van der Waals surface area contributed by atoms with Crippen molar-refractivity contribution in [3.05, 3.63) is 126 Å². The Labute approximate surface area is 264 Å². The number of anilines is 1. The molecule has 0 saturated heterocycles. The Hall–Kier alpha value is -5.02. The van der Waals surface area contributed by atoms with Crippen LogP contribution in [0.25, 0.3) is 10.8 Å². The maximum Gasteiger partial charge on any atom is 0.251 e. The predicted molar refractivity (Wildman–Crippen MR) is 179 cm³/mol. The molecule has 0 bridgehead atoms. The van der Waals surface area contributed by atoms with E-state index in [-0.39, 0.29) is 17.9 Å². The fourth-order valence-corrected chi connectivity index (χ4v) is 5.40. The standard InChI is InChI=1S/C36H41N7O2/c1-25-17-18-40-34(22-25)43(3)21-7-12-32(36(45)41-26(2)30-11-6-9-28-8-4-5-10-31(28)30)42-35(44)29-15-13-27(14-16-29)23-37-24-33-38-19-20-39-33/h4-6,8-11,13-20,22,26,32,37H,7,12,21,23-24H2,1-3H3,(H,38,39)(H,41,45)(H,42,44)/t26?,32-/m0/s1. The number of H-pyrrole nitrogens is 1. The average molecular weight is 604 g/mol. The van der Waals surface area contributed by atoms with E-state index < -0.39 is 6.04 Å². The van der Waals surface area contributed by atoms with Crippen LogP contribution in [0.2, 0.25) is 0 Å². The first-order valence-corrected chi connectivity index (χ1v) is 15.4. The summed E-state index contributed by atoms with van der Waals surface area (Å²) in [6, 6.07) is 24.7. The van der Waals surface area contributed by atoms with Crippen LogP contribution in [0.5, 0.6) is 0 Å². The van der Waals surface area contributed by atoms with Crippen molar-refractivity contribution in [1.29, 1.82) is 0 Å². The van der Waals surface area contributed by atoms with E-state index in [1.165, 1.54) is 0 Å². The van der Waals surface area contributed by atoms with Crippen LogP contribution in [-0.2, 0) is 17.9 Å². The van der Waals surface area contributed by atoms with Crippen LogP contribution < -0.4 is 20.9 Å². The number of amides is 2. The molecule has 0 aliphatic carbocycles. The summed E-state index contributed by atoms with van der Waals surface area (Å²) in [6.45, 7) is 5.97. The number of nitrogens with one attached hydrogen (secondary N) is 4. The molecule has 9 heteroatoms. The second-order valence-corrected chi connectivity index (χ2v) is 11.4. The van der Waals surface area contributed by atoms with Crippen LogP contribution in [0.15, 0.2) is 97.5 Å². The molecule has 2 amide bonds. The molecule has 5 rings (SSSR count). The third kappa shape index (κ3) is 8.55. The van der Waals surface area contributed by atoms with Gasteiger partial charge in [0.15, 0.2) is 0 Å². The zero-order chi connectivity index (χ0) is 31.6. The summed E-state index contributed by atoms with van der Waals surface area (Å²) in [4.78, 5) is 40.9. The average Bonchev–Trinajstić information content (AvgIpc) is 3.57. The topological polar surface area (TPSA) is 115 Å². The van der Waals surface area contributed by atoms with Gasteiger partial charge in [-0.05, 0) is 78.4 Å². The third-order valence-corrected chi connectivity index (χ3v) is 7.94. The zero-order valence-corrected chi connectivity index (χ0v) is 26.1. The molecule has 3 aromatic carbocycles. The summed E-state index contributed by atoms with van der Waals surface area (Å²) in [6.07, 6.45) is 6.48. The van der Waals surface area contributed by atoms with E-state index in [0.717, 1.165) is 39.1 Å². The van der Waals surface area contributed by atoms with Gasteiger partial charge in [-0.3, -0.25) is 9.59 Å². The van der Waals surface area contributed by atoms with E-state index in [1.807, 2.05) is 69.4 Å². The minimum atomic E-state index is -0.705. The first-order valence-electron chi connectivity index (χ1n) is 15.4. The van der Waals surface area contributed by atoms with Crippen LogP contribution in [0.4, 0.5) is 5.82 Å². The number of imidazole rings is 1. The summed E-state index contributed by atoms with van der Waals surface area (Å²) in [7, 11) is 1.99. The number of aryl methyl sites for hydroxylation is 1. The van der Waals surface area contributed by atoms with Crippen molar-refractivity contribution in [1.82, 2.24) is 30.9 Å². The van der Waals surface area contributed by atoms with Crippen molar-refractivity contribution < 1.29 is 9.59 Å². The van der Waals surface area contributed by atoms with Crippen molar-refractivity contribution >= 4 is 28.4 Å². The first-order chi connectivity index (χ1) is 21.9. The van der Waals surface area contributed by atoms with E-state index in [2.05, 4.69) is 54.0 Å². The molecule has 2 aromatic heterocycles. The highest BCUT2D eigenvalue weighted by Crippen LogP contribution is 2.24. The Balaban J connectivity index is 1.24. The Bertz CT molecular complexity index is 1700. The van der Waals surface area contributed by atoms with Gasteiger partial charge in [-0.15, -0.1) is 0 Å². The largest absolute Gasteiger partial charge is 0.360 e. The third-order valence-electron chi connectivity index (χ3n) is 7.94. The fraction of sp³-hybridized carbons (Fsp3) is 0.278. The van der Waals surface area contributed by atoms with Crippen LogP contribution in [0, 0.1) is 6.92 Å². The molecule has 0 fully saturated rings. The normalized spacial score (nSPS) is 12.4. The zero-order valence-electron chi connectivity index (χ0n) is 26.1. The SMILES string of the molecule is Cc1ccnc(N(C)CCC[C@H](NC(=O)c2ccc(CNCc3ncc[nH]3)cc2)C(=O)NC(C)c2cccc3ccccc23)c1. The highest BCUT2D eigenvalue weighted by Gasteiger charge is 2.24. The van der Waals surface area contributed by atoms with Crippen LogP contribution >= 0.6 is 0 Å². The predicted octanol–water partition coefficient (Wildman–Crippen LogP) is 5.45. The van der Waals surface area contributed by atoms with Gasteiger partial charge in [0.1, 0.15) is 17.7 Å². The van der Waals surface area contributed by atoms with Crippen molar-refractivity contribution in [3.63, 3.8) is 0 Å². The van der Waals surface area contributed by atoms with Gasteiger partial charge >= 0.3 is 0 Å². The van der Waals surface area contributed by atoms with Crippen molar-refractivity contribution in [2.75, 3.05) is 18.5 Å². The smallest absolute Gasteiger partial charge is 0.251 e. The molecule has 0 spiro atoms. The lowest BCUT2D eigenvalue weighted by Gasteiger charge is -2.24. The van der Waals surface area contributed by atoms with E-state index >= 15 is 0 Å². The fourth-order valence-electron chi connectivity index (χ4n) is 5.40. The van der Waals surface area contributed by atoms with Crippen LogP contribution in [0.1, 0.15) is 58.7 Å². The maximum atomic E-state index is 13.7. The number of nitrogens with zero attached hydrogens (tertiary/aromatic N) is 3. The second kappa shape index (κ2) is 15.1. The highest BCUT2D eigenvalue weighted by atomic mass is 16.2.